The number of aliphatic carboxylic acids is 1. The molecule has 0 amide bonds. The van der Waals surface area contributed by atoms with Crippen LogP contribution in [0.3, 0.4) is 0 Å². The molecule has 0 aliphatic heterocycles. The third kappa shape index (κ3) is 1.68. The van der Waals surface area contributed by atoms with Gasteiger partial charge >= 0.3 is 0 Å². The van der Waals surface area contributed by atoms with Crippen LogP contribution in [-0.4, -0.2) is 17.7 Å². The topological polar surface area (TPSA) is 60.4 Å². The van der Waals surface area contributed by atoms with Crippen LogP contribution in [0.5, 0.6) is 0 Å². The maximum Gasteiger partial charge on any atom is 0.0536 e. The molecule has 0 saturated carbocycles. The van der Waals surface area contributed by atoms with Crippen molar-refractivity contribution in [2.75, 3.05) is 6.61 Å². The number of carbonyl (C=O) groups is 1. The summed E-state index contributed by atoms with van der Waals surface area (Å²) >= 11 is 0. The molecule has 0 heterocycles. The van der Waals surface area contributed by atoms with E-state index in [-0.39, 0.29) is 6.61 Å². The Morgan fingerprint density at radius 1 is 1.78 bits per heavy atom. The zero-order valence-electron chi connectivity index (χ0n) is 5.68. The predicted molar refractivity (Wildman–Crippen MR) is 30.5 cm³/mol. The van der Waals surface area contributed by atoms with Crippen molar-refractivity contribution in [3.05, 3.63) is 0 Å². The summed E-state index contributed by atoms with van der Waals surface area (Å²) in [4.78, 5) is 10.2. The van der Waals surface area contributed by atoms with Gasteiger partial charge in [0.1, 0.15) is 0 Å². The zero-order valence-corrected chi connectivity index (χ0v) is 5.68. The molecule has 0 saturated heterocycles. The van der Waals surface area contributed by atoms with Crippen molar-refractivity contribution in [2.45, 2.75) is 20.3 Å². The van der Waals surface area contributed by atoms with Crippen molar-refractivity contribution in [3.63, 3.8) is 0 Å². The number of carbonyl (C=O) groups excluding carboxylic acids is 1. The van der Waals surface area contributed by atoms with E-state index in [1.165, 1.54) is 6.92 Å². The molecule has 1 N–H and O–H groups in total. The number of aliphatic hydroxyl groups excluding tert-OH is 1. The molecule has 0 aromatic heterocycles. The first kappa shape index (κ1) is 8.43. The van der Waals surface area contributed by atoms with Crippen LogP contribution < -0.4 is 5.11 Å². The molecule has 0 rings (SSSR count). The molecule has 0 spiro atoms. The Kier molecular flexibility index (Phi) is 2.65. The first-order chi connectivity index (χ1) is 4.06. The Hall–Kier alpha value is -0.570. The van der Waals surface area contributed by atoms with Gasteiger partial charge in [0.05, 0.1) is 6.61 Å². The van der Waals surface area contributed by atoms with Gasteiger partial charge in [0.25, 0.3) is 0 Å². The minimum absolute atomic E-state index is 0.355. The average molecular weight is 131 g/mol. The van der Waals surface area contributed by atoms with Gasteiger partial charge in [0.15, 0.2) is 0 Å². The van der Waals surface area contributed by atoms with E-state index in [1.807, 2.05) is 0 Å². The van der Waals surface area contributed by atoms with Gasteiger partial charge in [-0.2, -0.15) is 0 Å². The molecule has 9 heavy (non-hydrogen) atoms. The second-order valence-electron chi connectivity index (χ2n) is 2.36. The van der Waals surface area contributed by atoms with Crippen LogP contribution in [0.2, 0.25) is 0 Å². The molecule has 0 radical (unpaired) electrons. The summed E-state index contributed by atoms with van der Waals surface area (Å²) in [6.07, 6.45) is 0.395. The van der Waals surface area contributed by atoms with E-state index >= 15 is 0 Å². The molecule has 1 unspecified atom stereocenters. The van der Waals surface area contributed by atoms with Gasteiger partial charge in [-0.3, -0.25) is 0 Å². The van der Waals surface area contributed by atoms with Crippen LogP contribution in [0, 0.1) is 5.41 Å². The van der Waals surface area contributed by atoms with E-state index in [0.29, 0.717) is 6.42 Å². The highest BCUT2D eigenvalue weighted by atomic mass is 16.4. The third-order valence-electron chi connectivity index (χ3n) is 1.62. The van der Waals surface area contributed by atoms with Crippen LogP contribution in [0.1, 0.15) is 20.3 Å². The fraction of sp³-hybridized carbons (Fsp3) is 0.833. The first-order valence-electron chi connectivity index (χ1n) is 2.89. The summed E-state index contributed by atoms with van der Waals surface area (Å²) in [6.45, 7) is 2.81. The second-order valence-corrected chi connectivity index (χ2v) is 2.36. The summed E-state index contributed by atoms with van der Waals surface area (Å²) in [6, 6.07) is 0. The number of carboxylic acid groups (broad SMARTS) is 1. The van der Waals surface area contributed by atoms with Gasteiger partial charge in [-0.25, -0.2) is 0 Å². The normalized spacial score (nSPS) is 16.8. The van der Waals surface area contributed by atoms with Gasteiger partial charge in [-0.05, 0) is 6.42 Å². The van der Waals surface area contributed by atoms with Crippen molar-refractivity contribution in [1.29, 1.82) is 0 Å². The number of rotatable bonds is 3. The molecule has 3 heteroatoms. The summed E-state index contributed by atoms with van der Waals surface area (Å²) in [5, 5.41) is 18.7. The number of carboxylic acids is 1. The third-order valence-corrected chi connectivity index (χ3v) is 1.62. The molecule has 0 aliphatic carbocycles. The summed E-state index contributed by atoms with van der Waals surface area (Å²) < 4.78 is 0. The maximum atomic E-state index is 10.2. The van der Waals surface area contributed by atoms with Crippen molar-refractivity contribution >= 4 is 5.97 Å². The lowest BCUT2D eigenvalue weighted by atomic mass is 9.89. The smallest absolute Gasteiger partial charge is 0.0536 e. The average Bonchev–Trinajstić information content (AvgIpc) is 1.86. The Labute approximate surface area is 54.3 Å². The molecule has 0 bridgehead atoms. The van der Waals surface area contributed by atoms with Crippen LogP contribution >= 0.6 is 0 Å². The van der Waals surface area contributed by atoms with Gasteiger partial charge in [-0.15, -0.1) is 0 Å². The molecule has 0 aromatic carbocycles. The monoisotopic (exact) mass is 131 g/mol. The van der Waals surface area contributed by atoms with E-state index in [0.717, 1.165) is 0 Å². The molecular weight excluding hydrogens is 120 g/mol. The zero-order chi connectivity index (χ0) is 7.49. The van der Waals surface area contributed by atoms with Gasteiger partial charge in [0.2, 0.25) is 0 Å². The molecule has 0 aromatic rings. The Bertz CT molecular complexity index is 105. The van der Waals surface area contributed by atoms with Gasteiger partial charge in [-0.1, -0.05) is 13.8 Å². The summed E-state index contributed by atoms with van der Waals surface area (Å²) in [5.41, 5.74) is -1.06. The van der Waals surface area contributed by atoms with Crippen molar-refractivity contribution < 1.29 is 15.0 Å². The Balaban J connectivity index is 4.09. The SMILES string of the molecule is CCC(C)(CO)C(=O)[O-]. The minimum Gasteiger partial charge on any atom is -0.549 e. The molecule has 0 aliphatic rings. The second kappa shape index (κ2) is 2.82. The Morgan fingerprint density at radius 3 is 2.22 bits per heavy atom. The minimum atomic E-state index is -1.19. The molecule has 3 nitrogen and oxygen atoms in total. The van der Waals surface area contributed by atoms with Crippen LogP contribution in [0.25, 0.3) is 0 Å². The summed E-state index contributed by atoms with van der Waals surface area (Å²) in [7, 11) is 0. The Morgan fingerprint density at radius 2 is 2.22 bits per heavy atom. The van der Waals surface area contributed by atoms with Crippen molar-refractivity contribution in [2.24, 2.45) is 5.41 Å². The predicted octanol–water partition coefficient (Wildman–Crippen LogP) is -0.855. The van der Waals surface area contributed by atoms with Crippen LogP contribution in [0.15, 0.2) is 0 Å². The van der Waals surface area contributed by atoms with E-state index in [4.69, 9.17) is 5.11 Å². The van der Waals surface area contributed by atoms with Crippen molar-refractivity contribution in [3.8, 4) is 0 Å². The van der Waals surface area contributed by atoms with Crippen molar-refractivity contribution in [1.82, 2.24) is 0 Å². The molecule has 0 fully saturated rings. The standard InChI is InChI=1S/C6H12O3/c1-3-6(2,4-7)5(8)9/h7H,3-4H2,1-2H3,(H,8,9)/p-1. The lowest BCUT2D eigenvalue weighted by Gasteiger charge is -2.26. The molecule has 54 valence electrons. The maximum absolute atomic E-state index is 10.2. The van der Waals surface area contributed by atoms with Gasteiger partial charge in [0, 0.05) is 11.4 Å². The highest BCUT2D eigenvalue weighted by Crippen LogP contribution is 2.17. The highest BCUT2D eigenvalue weighted by Gasteiger charge is 2.21. The van der Waals surface area contributed by atoms with Crippen LogP contribution in [-0.2, 0) is 4.79 Å². The fourth-order valence-electron chi connectivity index (χ4n) is 0.321. The number of hydrogen-bond acceptors (Lipinski definition) is 3. The van der Waals surface area contributed by atoms with Gasteiger partial charge < -0.3 is 15.0 Å². The molecular formula is C6H11O3-. The van der Waals surface area contributed by atoms with E-state index < -0.39 is 11.4 Å². The van der Waals surface area contributed by atoms with Crippen LogP contribution in [0.4, 0.5) is 0 Å². The lowest BCUT2D eigenvalue weighted by molar-refractivity contribution is -0.320. The lowest BCUT2D eigenvalue weighted by Crippen LogP contribution is -2.42. The van der Waals surface area contributed by atoms with E-state index in [9.17, 15) is 9.90 Å². The largest absolute Gasteiger partial charge is 0.549 e. The first-order valence-corrected chi connectivity index (χ1v) is 2.89. The van der Waals surface area contributed by atoms with E-state index in [2.05, 4.69) is 0 Å². The quantitative estimate of drug-likeness (QED) is 0.542. The van der Waals surface area contributed by atoms with E-state index in [1.54, 1.807) is 6.92 Å². The molecule has 1 atom stereocenters. The fourth-order valence-corrected chi connectivity index (χ4v) is 0.321. The summed E-state index contributed by atoms with van der Waals surface area (Å²) in [5.74, 6) is -1.19. The number of hydrogen-bond donors (Lipinski definition) is 1. The highest BCUT2D eigenvalue weighted by molar-refractivity contribution is 5.71. The number of aliphatic hydroxyl groups is 1.